The number of methoxy groups -OCH3 is 2. The molecule has 0 heterocycles. The van der Waals surface area contributed by atoms with Crippen molar-refractivity contribution in [1.29, 1.82) is 0 Å². The molecular formula is C19H22N2O4. The summed E-state index contributed by atoms with van der Waals surface area (Å²) in [5.74, 6) is 1.48. The molecule has 0 unspecified atom stereocenters. The molecule has 0 saturated carbocycles. The fraction of sp³-hybridized carbons (Fsp3) is 0.263. The van der Waals surface area contributed by atoms with E-state index in [0.717, 1.165) is 11.1 Å². The highest BCUT2D eigenvalue weighted by Gasteiger charge is 2.08. The molecule has 2 aromatic carbocycles. The lowest BCUT2D eigenvalue weighted by Crippen LogP contribution is -2.24. The zero-order valence-electron chi connectivity index (χ0n) is 14.8. The fourth-order valence-corrected chi connectivity index (χ4v) is 2.23. The molecule has 0 spiro atoms. The van der Waals surface area contributed by atoms with Crippen LogP contribution in [0, 0.1) is 13.8 Å². The van der Waals surface area contributed by atoms with E-state index in [1.54, 1.807) is 20.3 Å². The van der Waals surface area contributed by atoms with E-state index >= 15 is 0 Å². The molecule has 0 fully saturated rings. The molecule has 25 heavy (non-hydrogen) atoms. The highest BCUT2D eigenvalue weighted by Crippen LogP contribution is 2.29. The van der Waals surface area contributed by atoms with Gasteiger partial charge >= 0.3 is 0 Å². The second-order valence-electron chi connectivity index (χ2n) is 5.43. The molecule has 2 rings (SSSR count). The summed E-state index contributed by atoms with van der Waals surface area (Å²) in [6, 6.07) is 11.3. The molecule has 1 N–H and O–H groups in total. The van der Waals surface area contributed by atoms with Crippen LogP contribution < -0.4 is 19.6 Å². The molecule has 0 aliphatic rings. The normalized spacial score (nSPS) is 10.6. The molecule has 0 saturated heterocycles. The number of aryl methyl sites for hydroxylation is 2. The summed E-state index contributed by atoms with van der Waals surface area (Å²) in [4.78, 5) is 11.9. The van der Waals surface area contributed by atoms with Gasteiger partial charge in [-0.15, -0.1) is 0 Å². The first-order valence-electron chi connectivity index (χ1n) is 7.78. The summed E-state index contributed by atoms with van der Waals surface area (Å²) in [5.41, 5.74) is 5.17. The van der Waals surface area contributed by atoms with Gasteiger partial charge in [0.2, 0.25) is 0 Å². The smallest absolute Gasteiger partial charge is 0.277 e. The van der Waals surface area contributed by atoms with Crippen molar-refractivity contribution in [2.24, 2.45) is 5.10 Å². The van der Waals surface area contributed by atoms with E-state index in [0.29, 0.717) is 22.8 Å². The number of hydrogen-bond acceptors (Lipinski definition) is 5. The van der Waals surface area contributed by atoms with Crippen molar-refractivity contribution in [3.63, 3.8) is 0 Å². The van der Waals surface area contributed by atoms with Crippen LogP contribution in [0.1, 0.15) is 16.7 Å². The average Bonchev–Trinajstić information content (AvgIpc) is 2.62. The molecule has 0 radical (unpaired) electrons. The summed E-state index contributed by atoms with van der Waals surface area (Å²) >= 11 is 0. The molecular weight excluding hydrogens is 320 g/mol. The summed E-state index contributed by atoms with van der Waals surface area (Å²) in [7, 11) is 3.11. The second-order valence-corrected chi connectivity index (χ2v) is 5.43. The Morgan fingerprint density at radius 2 is 1.92 bits per heavy atom. The lowest BCUT2D eigenvalue weighted by Gasteiger charge is -2.10. The first kappa shape index (κ1) is 18.3. The van der Waals surface area contributed by atoms with Crippen molar-refractivity contribution in [3.05, 3.63) is 53.1 Å². The van der Waals surface area contributed by atoms with Crippen LogP contribution >= 0.6 is 0 Å². The molecule has 0 aliphatic carbocycles. The lowest BCUT2D eigenvalue weighted by atomic mass is 10.1. The number of ether oxygens (including phenoxy) is 3. The van der Waals surface area contributed by atoms with Gasteiger partial charge < -0.3 is 14.2 Å². The van der Waals surface area contributed by atoms with Crippen molar-refractivity contribution in [1.82, 2.24) is 5.43 Å². The number of carbonyl (C=O) groups excluding carboxylic acids is 1. The number of benzene rings is 2. The maximum absolute atomic E-state index is 11.9. The minimum absolute atomic E-state index is 0.114. The maximum atomic E-state index is 11.9. The van der Waals surface area contributed by atoms with Gasteiger partial charge in [0, 0.05) is 5.56 Å². The minimum atomic E-state index is -0.348. The maximum Gasteiger partial charge on any atom is 0.277 e. The van der Waals surface area contributed by atoms with Crippen LogP contribution in [-0.2, 0) is 4.79 Å². The summed E-state index contributed by atoms with van der Waals surface area (Å²) in [6.07, 6.45) is 1.50. The van der Waals surface area contributed by atoms with Gasteiger partial charge in [-0.25, -0.2) is 5.43 Å². The Morgan fingerprint density at radius 1 is 1.12 bits per heavy atom. The second kappa shape index (κ2) is 8.73. The monoisotopic (exact) mass is 342 g/mol. The number of hydrogen-bond donors (Lipinski definition) is 1. The number of nitrogens with one attached hydrogen (secondary N) is 1. The number of hydrazone groups is 1. The molecule has 0 bridgehead atoms. The summed E-state index contributed by atoms with van der Waals surface area (Å²) < 4.78 is 16.1. The number of rotatable bonds is 7. The largest absolute Gasteiger partial charge is 0.493 e. The van der Waals surface area contributed by atoms with Crippen LogP contribution in [0.4, 0.5) is 0 Å². The van der Waals surface area contributed by atoms with Gasteiger partial charge in [-0.2, -0.15) is 5.10 Å². The van der Waals surface area contributed by atoms with Crippen LogP contribution in [-0.4, -0.2) is 32.9 Å². The van der Waals surface area contributed by atoms with E-state index in [2.05, 4.69) is 10.5 Å². The molecule has 0 atom stereocenters. The van der Waals surface area contributed by atoms with Crippen LogP contribution in [0.25, 0.3) is 0 Å². The average molecular weight is 342 g/mol. The third-order valence-electron chi connectivity index (χ3n) is 3.53. The van der Waals surface area contributed by atoms with Gasteiger partial charge in [-0.05, 0) is 43.2 Å². The van der Waals surface area contributed by atoms with Gasteiger partial charge in [-0.1, -0.05) is 18.2 Å². The van der Waals surface area contributed by atoms with E-state index in [9.17, 15) is 4.79 Å². The molecule has 0 aromatic heterocycles. The number of para-hydroxylation sites is 1. The highest BCUT2D eigenvalue weighted by molar-refractivity contribution is 5.86. The molecule has 2 aromatic rings. The van der Waals surface area contributed by atoms with Crippen molar-refractivity contribution >= 4 is 12.1 Å². The lowest BCUT2D eigenvalue weighted by molar-refractivity contribution is -0.123. The van der Waals surface area contributed by atoms with Crippen molar-refractivity contribution in [2.75, 3.05) is 20.8 Å². The van der Waals surface area contributed by atoms with Gasteiger partial charge in [0.25, 0.3) is 5.91 Å². The first-order chi connectivity index (χ1) is 12.0. The van der Waals surface area contributed by atoms with Gasteiger partial charge in [0.15, 0.2) is 18.1 Å². The molecule has 1 amide bonds. The fourth-order valence-electron chi connectivity index (χ4n) is 2.23. The van der Waals surface area contributed by atoms with Crippen LogP contribution in [0.3, 0.4) is 0 Å². The molecule has 6 nitrogen and oxygen atoms in total. The van der Waals surface area contributed by atoms with Crippen LogP contribution in [0.2, 0.25) is 0 Å². The van der Waals surface area contributed by atoms with Crippen LogP contribution in [0.5, 0.6) is 17.2 Å². The third kappa shape index (κ3) is 4.97. The zero-order valence-corrected chi connectivity index (χ0v) is 14.8. The SMILES string of the molecule is COc1cccc(/C=N/NC(=O)COc2cc(C)ccc2C)c1OC. The highest BCUT2D eigenvalue weighted by atomic mass is 16.5. The first-order valence-corrected chi connectivity index (χ1v) is 7.78. The number of amides is 1. The minimum Gasteiger partial charge on any atom is -0.493 e. The van der Waals surface area contributed by atoms with Crippen molar-refractivity contribution in [2.45, 2.75) is 13.8 Å². The van der Waals surface area contributed by atoms with Gasteiger partial charge in [0.1, 0.15) is 5.75 Å². The third-order valence-corrected chi connectivity index (χ3v) is 3.53. The van der Waals surface area contributed by atoms with E-state index < -0.39 is 0 Å². The van der Waals surface area contributed by atoms with Crippen LogP contribution in [0.15, 0.2) is 41.5 Å². The topological polar surface area (TPSA) is 69.2 Å². The van der Waals surface area contributed by atoms with Gasteiger partial charge in [-0.3, -0.25) is 4.79 Å². The standard InChI is InChI=1S/C19H22N2O4/c1-13-8-9-14(2)17(10-13)25-12-18(22)21-20-11-15-6-5-7-16(23-3)19(15)24-4/h5-11H,12H2,1-4H3,(H,21,22)/b20-11+. The van der Waals surface area contributed by atoms with E-state index in [1.165, 1.54) is 6.21 Å². The Hall–Kier alpha value is -3.02. The predicted octanol–water partition coefficient (Wildman–Crippen LogP) is 2.85. The predicted molar refractivity (Wildman–Crippen MR) is 96.7 cm³/mol. The summed E-state index contributed by atoms with van der Waals surface area (Å²) in [6.45, 7) is 3.79. The van der Waals surface area contributed by atoms with E-state index in [-0.39, 0.29) is 12.5 Å². The van der Waals surface area contributed by atoms with Gasteiger partial charge in [0.05, 0.1) is 20.4 Å². The molecule has 6 heteroatoms. The Labute approximate surface area is 147 Å². The van der Waals surface area contributed by atoms with E-state index in [1.807, 2.05) is 44.2 Å². The summed E-state index contributed by atoms with van der Waals surface area (Å²) in [5, 5.41) is 3.94. The number of carbonyl (C=O) groups is 1. The molecule has 0 aliphatic heterocycles. The van der Waals surface area contributed by atoms with Crippen molar-refractivity contribution < 1.29 is 19.0 Å². The number of nitrogens with zero attached hydrogens (tertiary/aromatic N) is 1. The Bertz CT molecular complexity index is 772. The Kier molecular flexibility index (Phi) is 6.39. The Morgan fingerprint density at radius 3 is 2.64 bits per heavy atom. The molecule has 132 valence electrons. The van der Waals surface area contributed by atoms with E-state index in [4.69, 9.17) is 14.2 Å². The van der Waals surface area contributed by atoms with Crippen molar-refractivity contribution in [3.8, 4) is 17.2 Å². The Balaban J connectivity index is 1.94. The zero-order chi connectivity index (χ0) is 18.2. The quantitative estimate of drug-likeness (QED) is 0.620.